The Morgan fingerprint density at radius 3 is 2.53 bits per heavy atom. The topological polar surface area (TPSA) is 26.0 Å². The number of nitrogen functional groups attached to an aromatic ring is 1. The van der Waals surface area contributed by atoms with Crippen molar-refractivity contribution in [1.29, 1.82) is 0 Å². The van der Waals surface area contributed by atoms with Crippen molar-refractivity contribution in [3.63, 3.8) is 0 Å². The lowest BCUT2D eigenvalue weighted by atomic mass is 10.0. The molecule has 0 unspecified atom stereocenters. The van der Waals surface area contributed by atoms with E-state index >= 15 is 0 Å². The molecule has 2 aromatic carbocycles. The number of rotatable bonds is 2. The van der Waals surface area contributed by atoms with Crippen LogP contribution in [0.15, 0.2) is 48.5 Å². The van der Waals surface area contributed by atoms with Crippen molar-refractivity contribution in [2.45, 2.75) is 13.3 Å². The lowest BCUT2D eigenvalue weighted by Crippen LogP contribution is -1.89. The Labute approximate surface area is 90.6 Å². The lowest BCUT2D eigenvalue weighted by molar-refractivity contribution is 1.14. The Morgan fingerprint density at radius 1 is 1.00 bits per heavy atom. The van der Waals surface area contributed by atoms with Crippen LogP contribution in [0, 0.1) is 0 Å². The maximum Gasteiger partial charge on any atom is 0.0393 e. The molecule has 0 aliphatic carbocycles. The Kier molecular flexibility index (Phi) is 2.72. The number of benzene rings is 2. The van der Waals surface area contributed by atoms with Crippen LogP contribution in [0.4, 0.5) is 5.69 Å². The van der Waals surface area contributed by atoms with Crippen molar-refractivity contribution in [1.82, 2.24) is 0 Å². The first kappa shape index (κ1) is 9.78. The van der Waals surface area contributed by atoms with E-state index < -0.39 is 0 Å². The minimum Gasteiger partial charge on any atom is -0.398 e. The molecule has 2 rings (SSSR count). The Bertz CT molecular complexity index is 460. The third kappa shape index (κ3) is 2.01. The molecule has 2 aromatic rings. The highest BCUT2D eigenvalue weighted by molar-refractivity contribution is 5.76. The van der Waals surface area contributed by atoms with E-state index in [-0.39, 0.29) is 0 Å². The molecule has 0 spiro atoms. The Balaban J connectivity index is 2.49. The van der Waals surface area contributed by atoms with Crippen LogP contribution in [0.25, 0.3) is 11.1 Å². The number of hydrogen-bond donors (Lipinski definition) is 1. The molecule has 0 saturated carbocycles. The fraction of sp³-hybridized carbons (Fsp3) is 0.143. The van der Waals surface area contributed by atoms with Crippen LogP contribution >= 0.6 is 0 Å². The first-order valence-electron chi connectivity index (χ1n) is 5.25. The highest BCUT2D eigenvalue weighted by Crippen LogP contribution is 2.25. The second-order valence-corrected chi connectivity index (χ2v) is 3.64. The van der Waals surface area contributed by atoms with E-state index in [1.54, 1.807) is 0 Å². The monoisotopic (exact) mass is 197 g/mol. The van der Waals surface area contributed by atoms with E-state index in [0.29, 0.717) is 0 Å². The van der Waals surface area contributed by atoms with E-state index in [1.807, 2.05) is 18.2 Å². The molecule has 0 bridgehead atoms. The van der Waals surface area contributed by atoms with Gasteiger partial charge in [-0.25, -0.2) is 0 Å². The van der Waals surface area contributed by atoms with E-state index in [0.717, 1.165) is 17.7 Å². The van der Waals surface area contributed by atoms with Gasteiger partial charge in [0.25, 0.3) is 0 Å². The number of anilines is 1. The van der Waals surface area contributed by atoms with Gasteiger partial charge >= 0.3 is 0 Å². The standard InChI is InChI=1S/C14H15N/c1-2-11-6-5-7-12(10-11)13-8-3-4-9-14(13)15/h3-10H,2,15H2,1H3. The van der Waals surface area contributed by atoms with Gasteiger partial charge in [0, 0.05) is 11.3 Å². The summed E-state index contributed by atoms with van der Waals surface area (Å²) >= 11 is 0. The van der Waals surface area contributed by atoms with Gasteiger partial charge in [-0.15, -0.1) is 0 Å². The predicted octanol–water partition coefficient (Wildman–Crippen LogP) is 3.50. The number of hydrogen-bond acceptors (Lipinski definition) is 1. The average Bonchev–Trinajstić information content (AvgIpc) is 2.30. The van der Waals surface area contributed by atoms with Crippen LogP contribution in [-0.4, -0.2) is 0 Å². The van der Waals surface area contributed by atoms with Crippen LogP contribution in [0.5, 0.6) is 0 Å². The average molecular weight is 197 g/mol. The van der Waals surface area contributed by atoms with Crippen LogP contribution in [0.1, 0.15) is 12.5 Å². The van der Waals surface area contributed by atoms with Gasteiger partial charge in [-0.2, -0.15) is 0 Å². The SMILES string of the molecule is CCc1cccc(-c2ccccc2N)c1. The molecule has 0 aromatic heterocycles. The molecule has 0 aliphatic rings. The fourth-order valence-electron chi connectivity index (χ4n) is 1.72. The van der Waals surface area contributed by atoms with Crippen molar-refractivity contribution in [2.75, 3.05) is 5.73 Å². The van der Waals surface area contributed by atoms with E-state index in [2.05, 4.69) is 37.3 Å². The molecule has 0 radical (unpaired) electrons. The zero-order valence-electron chi connectivity index (χ0n) is 8.90. The summed E-state index contributed by atoms with van der Waals surface area (Å²) in [6.45, 7) is 2.16. The van der Waals surface area contributed by atoms with Crippen molar-refractivity contribution >= 4 is 5.69 Å². The second-order valence-electron chi connectivity index (χ2n) is 3.64. The van der Waals surface area contributed by atoms with Gasteiger partial charge in [0.05, 0.1) is 0 Å². The highest BCUT2D eigenvalue weighted by Gasteiger charge is 2.01. The summed E-state index contributed by atoms with van der Waals surface area (Å²) in [5, 5.41) is 0. The summed E-state index contributed by atoms with van der Waals surface area (Å²) in [7, 11) is 0. The molecule has 15 heavy (non-hydrogen) atoms. The minimum atomic E-state index is 0.839. The van der Waals surface area contributed by atoms with Crippen molar-refractivity contribution < 1.29 is 0 Å². The predicted molar refractivity (Wildman–Crippen MR) is 65.7 cm³/mol. The summed E-state index contributed by atoms with van der Waals surface area (Å²) in [4.78, 5) is 0. The maximum absolute atomic E-state index is 5.94. The maximum atomic E-state index is 5.94. The van der Waals surface area contributed by atoms with E-state index in [4.69, 9.17) is 5.73 Å². The van der Waals surface area contributed by atoms with Gasteiger partial charge in [0.15, 0.2) is 0 Å². The number of aryl methyl sites for hydroxylation is 1. The fourth-order valence-corrected chi connectivity index (χ4v) is 1.72. The smallest absolute Gasteiger partial charge is 0.0393 e. The zero-order chi connectivity index (χ0) is 10.7. The first-order chi connectivity index (χ1) is 7.31. The van der Waals surface area contributed by atoms with Gasteiger partial charge in [-0.1, -0.05) is 49.4 Å². The second kappa shape index (κ2) is 4.18. The molecular weight excluding hydrogens is 182 g/mol. The number of para-hydroxylation sites is 1. The number of nitrogens with two attached hydrogens (primary N) is 1. The zero-order valence-corrected chi connectivity index (χ0v) is 8.90. The van der Waals surface area contributed by atoms with Crippen LogP contribution < -0.4 is 5.73 Å². The highest BCUT2D eigenvalue weighted by atomic mass is 14.6. The Hall–Kier alpha value is -1.76. The molecule has 1 nitrogen and oxygen atoms in total. The summed E-state index contributed by atoms with van der Waals surface area (Å²) < 4.78 is 0. The van der Waals surface area contributed by atoms with Crippen molar-refractivity contribution in [2.24, 2.45) is 0 Å². The van der Waals surface area contributed by atoms with Crippen molar-refractivity contribution in [3.8, 4) is 11.1 Å². The molecule has 0 amide bonds. The Morgan fingerprint density at radius 2 is 1.80 bits per heavy atom. The van der Waals surface area contributed by atoms with Crippen LogP contribution in [0.3, 0.4) is 0 Å². The molecule has 0 saturated heterocycles. The van der Waals surface area contributed by atoms with Gasteiger partial charge in [-0.05, 0) is 23.6 Å². The minimum absolute atomic E-state index is 0.839. The van der Waals surface area contributed by atoms with E-state index in [1.165, 1.54) is 11.1 Å². The van der Waals surface area contributed by atoms with Gasteiger partial charge in [-0.3, -0.25) is 0 Å². The quantitative estimate of drug-likeness (QED) is 0.733. The molecule has 2 N–H and O–H groups in total. The summed E-state index contributed by atoms with van der Waals surface area (Å²) in [5.41, 5.74) is 10.4. The largest absolute Gasteiger partial charge is 0.398 e. The first-order valence-corrected chi connectivity index (χ1v) is 5.25. The molecule has 0 fully saturated rings. The molecule has 0 atom stereocenters. The molecule has 76 valence electrons. The van der Waals surface area contributed by atoms with Gasteiger partial charge < -0.3 is 5.73 Å². The van der Waals surface area contributed by atoms with E-state index in [9.17, 15) is 0 Å². The summed E-state index contributed by atoms with van der Waals surface area (Å²) in [5.74, 6) is 0. The van der Waals surface area contributed by atoms with Crippen LogP contribution in [0.2, 0.25) is 0 Å². The van der Waals surface area contributed by atoms with Gasteiger partial charge in [0.1, 0.15) is 0 Å². The van der Waals surface area contributed by atoms with Gasteiger partial charge in [0.2, 0.25) is 0 Å². The molecule has 1 heteroatoms. The molecule has 0 aliphatic heterocycles. The summed E-state index contributed by atoms with van der Waals surface area (Å²) in [6, 6.07) is 16.5. The third-order valence-corrected chi connectivity index (χ3v) is 2.61. The van der Waals surface area contributed by atoms with Crippen LogP contribution in [-0.2, 0) is 6.42 Å². The molecule has 0 heterocycles. The molecular formula is C14H15N. The lowest BCUT2D eigenvalue weighted by Gasteiger charge is -2.06. The normalized spacial score (nSPS) is 10.2. The summed E-state index contributed by atoms with van der Waals surface area (Å²) in [6.07, 6.45) is 1.06. The van der Waals surface area contributed by atoms with Crippen molar-refractivity contribution in [3.05, 3.63) is 54.1 Å². The third-order valence-electron chi connectivity index (χ3n) is 2.61.